The zero-order chi connectivity index (χ0) is 11.3. The summed E-state index contributed by atoms with van der Waals surface area (Å²) in [6.45, 7) is 4.59. The molecule has 0 aromatic heterocycles. The Morgan fingerprint density at radius 2 is 1.94 bits per heavy atom. The predicted octanol–water partition coefficient (Wildman–Crippen LogP) is 3.37. The minimum atomic E-state index is 0.122. The molecular weight excluding hydrogens is 194 g/mol. The van der Waals surface area contributed by atoms with Crippen molar-refractivity contribution in [3.8, 4) is 0 Å². The zero-order valence-electron chi connectivity index (χ0n) is 9.88. The highest BCUT2D eigenvalue weighted by atomic mass is 14.6. The zero-order valence-corrected chi connectivity index (χ0v) is 9.88. The average Bonchev–Trinajstić information content (AvgIpc) is 2.51. The van der Waals surface area contributed by atoms with Crippen LogP contribution in [0.25, 0.3) is 5.57 Å². The van der Waals surface area contributed by atoms with E-state index in [0.29, 0.717) is 0 Å². The first-order valence-electron chi connectivity index (χ1n) is 5.92. The monoisotopic (exact) mass is 211 g/mol. The Balaban J connectivity index is 2.36. The summed E-state index contributed by atoms with van der Waals surface area (Å²) in [7, 11) is 0. The lowest BCUT2D eigenvalue weighted by atomic mass is 9.80. The Morgan fingerprint density at radius 1 is 1.19 bits per heavy atom. The van der Waals surface area contributed by atoms with Gasteiger partial charge in [0.05, 0.1) is 0 Å². The van der Waals surface area contributed by atoms with Crippen molar-refractivity contribution in [3.05, 3.63) is 52.7 Å². The third-order valence-corrected chi connectivity index (χ3v) is 3.90. The fraction of sp³-hybridized carbons (Fsp3) is 0.333. The number of benzene rings is 1. The van der Waals surface area contributed by atoms with E-state index in [0.717, 1.165) is 18.5 Å². The van der Waals surface area contributed by atoms with Gasteiger partial charge in [0, 0.05) is 16.7 Å². The molecule has 2 aliphatic carbocycles. The van der Waals surface area contributed by atoms with Crippen LogP contribution >= 0.6 is 0 Å². The summed E-state index contributed by atoms with van der Waals surface area (Å²) < 4.78 is 0. The Morgan fingerprint density at radius 3 is 2.75 bits per heavy atom. The lowest BCUT2D eigenvalue weighted by Gasteiger charge is -2.24. The highest BCUT2D eigenvalue weighted by molar-refractivity contribution is 5.91. The molecule has 0 aliphatic heterocycles. The van der Waals surface area contributed by atoms with E-state index in [4.69, 9.17) is 5.73 Å². The van der Waals surface area contributed by atoms with Crippen molar-refractivity contribution in [1.82, 2.24) is 0 Å². The van der Waals surface area contributed by atoms with E-state index in [1.165, 1.54) is 22.3 Å². The number of rotatable bonds is 0. The molecule has 0 radical (unpaired) electrons. The Kier molecular flexibility index (Phi) is 1.82. The van der Waals surface area contributed by atoms with Gasteiger partial charge in [-0.05, 0) is 29.5 Å². The van der Waals surface area contributed by atoms with Gasteiger partial charge in [0.15, 0.2) is 0 Å². The molecular formula is C15H17N. The molecule has 1 aromatic carbocycles. The second kappa shape index (κ2) is 3.00. The van der Waals surface area contributed by atoms with Crippen LogP contribution in [-0.2, 0) is 5.41 Å². The maximum atomic E-state index is 6.19. The largest absolute Gasteiger partial charge is 0.402 e. The second-order valence-corrected chi connectivity index (χ2v) is 5.23. The molecule has 0 spiro atoms. The minimum absolute atomic E-state index is 0.122. The highest BCUT2D eigenvalue weighted by Crippen LogP contribution is 2.51. The van der Waals surface area contributed by atoms with Crippen molar-refractivity contribution in [1.29, 1.82) is 0 Å². The van der Waals surface area contributed by atoms with Gasteiger partial charge in [-0.2, -0.15) is 0 Å². The van der Waals surface area contributed by atoms with E-state index in [2.05, 4.69) is 44.2 Å². The number of fused-ring (bicyclic) bond motifs is 3. The fourth-order valence-corrected chi connectivity index (χ4v) is 3.05. The summed E-state index contributed by atoms with van der Waals surface area (Å²) in [6.07, 6.45) is 4.46. The topological polar surface area (TPSA) is 26.0 Å². The van der Waals surface area contributed by atoms with Crippen LogP contribution in [0.1, 0.15) is 37.8 Å². The van der Waals surface area contributed by atoms with Gasteiger partial charge in [0.25, 0.3) is 0 Å². The van der Waals surface area contributed by atoms with Gasteiger partial charge < -0.3 is 5.73 Å². The minimum Gasteiger partial charge on any atom is -0.402 e. The first-order chi connectivity index (χ1) is 7.62. The van der Waals surface area contributed by atoms with Crippen molar-refractivity contribution < 1.29 is 0 Å². The summed E-state index contributed by atoms with van der Waals surface area (Å²) in [5.74, 6) is 0. The van der Waals surface area contributed by atoms with Crippen molar-refractivity contribution >= 4 is 5.57 Å². The molecule has 0 saturated heterocycles. The molecule has 0 amide bonds. The van der Waals surface area contributed by atoms with Crippen LogP contribution in [0.15, 0.2) is 41.6 Å². The van der Waals surface area contributed by atoms with Crippen LogP contribution in [0.2, 0.25) is 0 Å². The lowest BCUT2D eigenvalue weighted by molar-refractivity contribution is 0.652. The molecule has 1 heteroatoms. The average molecular weight is 211 g/mol. The van der Waals surface area contributed by atoms with Crippen LogP contribution in [-0.4, -0.2) is 0 Å². The van der Waals surface area contributed by atoms with E-state index in [1.807, 2.05) is 0 Å². The second-order valence-electron chi connectivity index (χ2n) is 5.23. The molecule has 0 bridgehead atoms. The van der Waals surface area contributed by atoms with Gasteiger partial charge in [-0.1, -0.05) is 44.2 Å². The molecule has 2 N–H and O–H groups in total. The van der Waals surface area contributed by atoms with Gasteiger partial charge in [-0.3, -0.25) is 0 Å². The van der Waals surface area contributed by atoms with Crippen LogP contribution < -0.4 is 5.73 Å². The first kappa shape index (κ1) is 9.71. The predicted molar refractivity (Wildman–Crippen MR) is 67.9 cm³/mol. The van der Waals surface area contributed by atoms with Crippen molar-refractivity contribution in [2.24, 2.45) is 5.73 Å². The molecule has 0 saturated carbocycles. The van der Waals surface area contributed by atoms with Gasteiger partial charge in [0.2, 0.25) is 0 Å². The Labute approximate surface area is 96.7 Å². The van der Waals surface area contributed by atoms with E-state index in [9.17, 15) is 0 Å². The van der Waals surface area contributed by atoms with E-state index in [1.54, 1.807) is 0 Å². The van der Waals surface area contributed by atoms with Crippen LogP contribution in [0.3, 0.4) is 0 Å². The van der Waals surface area contributed by atoms with Gasteiger partial charge in [-0.15, -0.1) is 0 Å². The molecule has 0 fully saturated rings. The molecule has 2 aliphatic rings. The maximum Gasteiger partial charge on any atom is 0.0166 e. The maximum absolute atomic E-state index is 6.19. The molecule has 16 heavy (non-hydrogen) atoms. The first-order valence-corrected chi connectivity index (χ1v) is 5.92. The number of nitrogens with two attached hydrogens (primary N) is 1. The Hall–Kier alpha value is -1.50. The van der Waals surface area contributed by atoms with E-state index >= 15 is 0 Å². The van der Waals surface area contributed by atoms with Crippen molar-refractivity contribution in [3.63, 3.8) is 0 Å². The van der Waals surface area contributed by atoms with E-state index < -0.39 is 0 Å². The standard InChI is InChI=1S/C15H17N/c1-15(2)11-7-4-3-6-10(11)14-12(15)8-5-9-13(14)16/h3-4,6-8H,5,9,16H2,1-2H3. The smallest absolute Gasteiger partial charge is 0.0166 e. The molecule has 3 rings (SSSR count). The lowest BCUT2D eigenvalue weighted by Crippen LogP contribution is -2.17. The molecule has 0 heterocycles. The summed E-state index contributed by atoms with van der Waals surface area (Å²) in [5.41, 5.74) is 12.9. The summed E-state index contributed by atoms with van der Waals surface area (Å²) in [5, 5.41) is 0. The quantitative estimate of drug-likeness (QED) is 0.699. The highest BCUT2D eigenvalue weighted by Gasteiger charge is 2.39. The Bertz CT molecular complexity index is 518. The summed E-state index contributed by atoms with van der Waals surface area (Å²) in [6, 6.07) is 8.65. The fourth-order valence-electron chi connectivity index (χ4n) is 3.05. The SMILES string of the molecule is CC1(C)C2=CCCC(N)=C2c2ccccc21. The molecule has 1 aromatic rings. The molecule has 1 nitrogen and oxygen atoms in total. The normalized spacial score (nSPS) is 21.5. The van der Waals surface area contributed by atoms with Crippen molar-refractivity contribution in [2.75, 3.05) is 0 Å². The summed E-state index contributed by atoms with van der Waals surface area (Å²) >= 11 is 0. The number of hydrogen-bond donors (Lipinski definition) is 1. The van der Waals surface area contributed by atoms with Gasteiger partial charge in [-0.25, -0.2) is 0 Å². The number of allylic oxidation sites excluding steroid dienone is 4. The molecule has 0 atom stereocenters. The van der Waals surface area contributed by atoms with Gasteiger partial charge in [0.1, 0.15) is 0 Å². The third-order valence-electron chi connectivity index (χ3n) is 3.90. The molecule has 0 unspecified atom stereocenters. The van der Waals surface area contributed by atoms with Crippen LogP contribution in [0.5, 0.6) is 0 Å². The van der Waals surface area contributed by atoms with Crippen LogP contribution in [0, 0.1) is 0 Å². The van der Waals surface area contributed by atoms with E-state index in [-0.39, 0.29) is 5.41 Å². The third kappa shape index (κ3) is 1.06. The van der Waals surface area contributed by atoms with Crippen LogP contribution in [0.4, 0.5) is 0 Å². The molecule has 82 valence electrons. The summed E-state index contributed by atoms with van der Waals surface area (Å²) in [4.78, 5) is 0. The van der Waals surface area contributed by atoms with Crippen molar-refractivity contribution in [2.45, 2.75) is 32.1 Å². The number of hydrogen-bond acceptors (Lipinski definition) is 1. The van der Waals surface area contributed by atoms with Gasteiger partial charge >= 0.3 is 0 Å².